The summed E-state index contributed by atoms with van der Waals surface area (Å²) >= 11 is 0. The van der Waals surface area contributed by atoms with Crippen LogP contribution in [0.3, 0.4) is 0 Å². The van der Waals surface area contributed by atoms with E-state index in [1.165, 1.54) is 19.3 Å². The van der Waals surface area contributed by atoms with Gasteiger partial charge in [0.15, 0.2) is 0 Å². The Morgan fingerprint density at radius 1 is 1.18 bits per heavy atom. The fourth-order valence-electron chi connectivity index (χ4n) is 3.72. The molecule has 1 aliphatic carbocycles. The summed E-state index contributed by atoms with van der Waals surface area (Å²) in [5, 5.41) is 0. The van der Waals surface area contributed by atoms with Gasteiger partial charge in [-0.05, 0) is 45.1 Å². The lowest BCUT2D eigenvalue weighted by Crippen LogP contribution is -2.50. The number of piperidine rings is 1. The maximum Gasteiger partial charge on any atom is 0.279 e. The third-order valence-corrected chi connectivity index (χ3v) is 6.93. The molecule has 2 aliphatic rings. The van der Waals surface area contributed by atoms with Crippen molar-refractivity contribution in [3.8, 4) is 0 Å². The summed E-state index contributed by atoms with van der Waals surface area (Å²) < 4.78 is 29.3. The molecule has 0 bridgehead atoms. The molecule has 1 saturated heterocycles. The van der Waals surface area contributed by atoms with Gasteiger partial charge >= 0.3 is 0 Å². The topological polar surface area (TPSA) is 52.7 Å². The van der Waals surface area contributed by atoms with Crippen molar-refractivity contribution < 1.29 is 8.42 Å². The van der Waals surface area contributed by atoms with Crippen LogP contribution in [0.1, 0.15) is 58.8 Å². The van der Waals surface area contributed by atoms with Crippen LogP contribution in [0, 0.1) is 5.92 Å². The Hall–Kier alpha value is -0.170. The molecular formula is C16H33N3O2S. The first kappa shape index (κ1) is 18.2. The highest BCUT2D eigenvalue weighted by atomic mass is 32.2. The lowest BCUT2D eigenvalue weighted by atomic mass is 9.96. The molecule has 0 aromatic heterocycles. The van der Waals surface area contributed by atoms with Gasteiger partial charge in [-0.2, -0.15) is 12.7 Å². The van der Waals surface area contributed by atoms with Crippen LogP contribution in [0.15, 0.2) is 0 Å². The molecule has 6 heteroatoms. The molecule has 0 amide bonds. The summed E-state index contributed by atoms with van der Waals surface area (Å²) in [6.45, 7) is 7.08. The quantitative estimate of drug-likeness (QED) is 0.812. The highest BCUT2D eigenvalue weighted by molar-refractivity contribution is 7.87. The second-order valence-electron chi connectivity index (χ2n) is 7.25. The van der Waals surface area contributed by atoms with E-state index in [2.05, 4.69) is 23.5 Å². The van der Waals surface area contributed by atoms with Crippen molar-refractivity contribution in [3.63, 3.8) is 0 Å². The van der Waals surface area contributed by atoms with Crippen LogP contribution in [0.5, 0.6) is 0 Å². The summed E-state index contributed by atoms with van der Waals surface area (Å²) in [5.41, 5.74) is 0. The van der Waals surface area contributed by atoms with E-state index >= 15 is 0 Å². The number of rotatable bonds is 6. The summed E-state index contributed by atoms with van der Waals surface area (Å²) in [6.07, 6.45) is 8.04. The molecule has 130 valence electrons. The SMILES string of the molecule is C[C@H]1CCCN([C@@H](C)CNS(=O)(=O)N(C)C2CCCCC2)C1. The van der Waals surface area contributed by atoms with E-state index in [0.29, 0.717) is 6.54 Å². The van der Waals surface area contributed by atoms with Crippen molar-refractivity contribution in [1.29, 1.82) is 0 Å². The standard InChI is InChI=1S/C16H33N3O2S/c1-14-8-7-11-19(13-14)15(2)12-17-22(20,21)18(3)16-9-5-4-6-10-16/h14-17H,4-13H2,1-3H3/t14-,15-/m0/s1. The molecule has 0 unspecified atom stereocenters. The molecule has 1 N–H and O–H groups in total. The van der Waals surface area contributed by atoms with Crippen LogP contribution in [0.4, 0.5) is 0 Å². The second kappa shape index (κ2) is 8.08. The Morgan fingerprint density at radius 3 is 2.50 bits per heavy atom. The third kappa shape index (κ3) is 4.91. The molecule has 1 aliphatic heterocycles. The molecule has 2 fully saturated rings. The first-order chi connectivity index (χ1) is 10.4. The Balaban J connectivity index is 1.83. The van der Waals surface area contributed by atoms with Crippen molar-refractivity contribution in [2.45, 2.75) is 70.9 Å². The maximum atomic E-state index is 12.5. The zero-order valence-electron chi connectivity index (χ0n) is 14.4. The Bertz CT molecular complexity index is 435. The average Bonchev–Trinajstić information content (AvgIpc) is 2.52. The predicted octanol–water partition coefficient (Wildman–Crippen LogP) is 2.21. The first-order valence-corrected chi connectivity index (χ1v) is 10.3. The predicted molar refractivity (Wildman–Crippen MR) is 91.0 cm³/mol. The van der Waals surface area contributed by atoms with Crippen LogP contribution < -0.4 is 4.72 Å². The van der Waals surface area contributed by atoms with Crippen LogP contribution in [0.2, 0.25) is 0 Å². The van der Waals surface area contributed by atoms with Crippen molar-refractivity contribution in [1.82, 2.24) is 13.9 Å². The molecule has 1 heterocycles. The average molecular weight is 332 g/mol. The summed E-state index contributed by atoms with van der Waals surface area (Å²) in [5.74, 6) is 0.720. The molecule has 0 spiro atoms. The molecule has 2 atom stereocenters. The van der Waals surface area contributed by atoms with E-state index in [9.17, 15) is 8.42 Å². The van der Waals surface area contributed by atoms with E-state index in [0.717, 1.165) is 44.7 Å². The highest BCUT2D eigenvalue weighted by Crippen LogP contribution is 2.23. The summed E-state index contributed by atoms with van der Waals surface area (Å²) in [4.78, 5) is 2.41. The van der Waals surface area contributed by atoms with Crippen molar-refractivity contribution in [3.05, 3.63) is 0 Å². The Morgan fingerprint density at radius 2 is 1.86 bits per heavy atom. The molecule has 22 heavy (non-hydrogen) atoms. The molecule has 0 radical (unpaired) electrons. The van der Waals surface area contributed by atoms with Crippen LogP contribution >= 0.6 is 0 Å². The van der Waals surface area contributed by atoms with Gasteiger partial charge in [0, 0.05) is 32.2 Å². The van der Waals surface area contributed by atoms with Gasteiger partial charge in [0.1, 0.15) is 0 Å². The number of nitrogens with zero attached hydrogens (tertiary/aromatic N) is 2. The Kier molecular flexibility index (Phi) is 6.68. The minimum Gasteiger partial charge on any atom is -0.299 e. The number of likely N-dealkylation sites (tertiary alicyclic amines) is 1. The van der Waals surface area contributed by atoms with Crippen LogP contribution in [0.25, 0.3) is 0 Å². The maximum absolute atomic E-state index is 12.5. The number of nitrogens with one attached hydrogen (secondary N) is 1. The summed E-state index contributed by atoms with van der Waals surface area (Å²) in [7, 11) is -1.62. The molecular weight excluding hydrogens is 298 g/mol. The van der Waals surface area contributed by atoms with Crippen LogP contribution in [-0.4, -0.2) is 56.4 Å². The monoisotopic (exact) mass is 331 g/mol. The fraction of sp³-hybridized carbons (Fsp3) is 1.00. The Labute approximate surface area is 136 Å². The normalized spacial score (nSPS) is 27.2. The van der Waals surface area contributed by atoms with Gasteiger partial charge in [-0.25, -0.2) is 4.72 Å². The van der Waals surface area contributed by atoms with E-state index in [4.69, 9.17) is 0 Å². The van der Waals surface area contributed by atoms with Crippen LogP contribution in [-0.2, 0) is 10.2 Å². The van der Waals surface area contributed by atoms with Gasteiger partial charge in [-0.3, -0.25) is 4.90 Å². The van der Waals surface area contributed by atoms with Gasteiger partial charge in [0.25, 0.3) is 10.2 Å². The number of hydrogen-bond acceptors (Lipinski definition) is 3. The van der Waals surface area contributed by atoms with Crippen molar-refractivity contribution in [2.24, 2.45) is 5.92 Å². The van der Waals surface area contributed by atoms with Crippen molar-refractivity contribution in [2.75, 3.05) is 26.7 Å². The lowest BCUT2D eigenvalue weighted by molar-refractivity contribution is 0.139. The van der Waals surface area contributed by atoms with E-state index < -0.39 is 10.2 Å². The highest BCUT2D eigenvalue weighted by Gasteiger charge is 2.28. The molecule has 0 aromatic rings. The minimum absolute atomic E-state index is 0.177. The van der Waals surface area contributed by atoms with Gasteiger partial charge < -0.3 is 0 Å². The largest absolute Gasteiger partial charge is 0.299 e. The smallest absolute Gasteiger partial charge is 0.279 e. The molecule has 1 saturated carbocycles. The van der Waals surface area contributed by atoms with Gasteiger partial charge in [0.2, 0.25) is 0 Å². The minimum atomic E-state index is -3.35. The zero-order chi connectivity index (χ0) is 16.2. The van der Waals surface area contributed by atoms with E-state index in [1.807, 2.05) is 0 Å². The zero-order valence-corrected chi connectivity index (χ0v) is 15.2. The molecule has 0 aromatic carbocycles. The second-order valence-corrected chi connectivity index (χ2v) is 9.07. The van der Waals surface area contributed by atoms with Crippen molar-refractivity contribution >= 4 is 10.2 Å². The van der Waals surface area contributed by atoms with E-state index in [1.54, 1.807) is 11.4 Å². The molecule has 5 nitrogen and oxygen atoms in total. The fourth-order valence-corrected chi connectivity index (χ4v) is 4.98. The third-order valence-electron chi connectivity index (χ3n) is 5.34. The van der Waals surface area contributed by atoms with Gasteiger partial charge in [-0.15, -0.1) is 0 Å². The lowest BCUT2D eigenvalue weighted by Gasteiger charge is -2.36. The number of hydrogen-bond donors (Lipinski definition) is 1. The summed E-state index contributed by atoms with van der Waals surface area (Å²) in [6, 6.07) is 0.439. The van der Waals surface area contributed by atoms with Gasteiger partial charge in [-0.1, -0.05) is 26.2 Å². The molecule has 2 rings (SSSR count). The first-order valence-electron chi connectivity index (χ1n) is 8.87. The van der Waals surface area contributed by atoms with Gasteiger partial charge in [0.05, 0.1) is 0 Å². The van der Waals surface area contributed by atoms with E-state index in [-0.39, 0.29) is 12.1 Å².